The van der Waals surface area contributed by atoms with Gasteiger partial charge in [-0.2, -0.15) is 5.10 Å². The van der Waals surface area contributed by atoms with E-state index < -0.39 is 0 Å². The third-order valence-corrected chi connectivity index (χ3v) is 4.59. The number of nitrogens with one attached hydrogen (secondary N) is 1. The Bertz CT molecular complexity index is 439. The zero-order chi connectivity index (χ0) is 14.8. The van der Waals surface area contributed by atoms with Gasteiger partial charge in [0.1, 0.15) is 0 Å². The van der Waals surface area contributed by atoms with Crippen LogP contribution in [-0.2, 0) is 11.3 Å². The summed E-state index contributed by atoms with van der Waals surface area (Å²) in [5.74, 6) is 0. The van der Waals surface area contributed by atoms with Crippen LogP contribution in [0.3, 0.4) is 0 Å². The normalized spacial score (nSPS) is 24.6. The first kappa shape index (κ1) is 15.5. The minimum atomic E-state index is 0.258. The van der Waals surface area contributed by atoms with Crippen LogP contribution in [0.2, 0.25) is 0 Å². The predicted octanol–water partition coefficient (Wildman–Crippen LogP) is 2.68. The third kappa shape index (κ3) is 3.23. The van der Waals surface area contributed by atoms with Crippen molar-refractivity contribution < 1.29 is 4.74 Å². The van der Waals surface area contributed by atoms with E-state index in [9.17, 15) is 0 Å². The van der Waals surface area contributed by atoms with E-state index in [1.165, 1.54) is 5.69 Å². The summed E-state index contributed by atoms with van der Waals surface area (Å²) in [4.78, 5) is 0. The van der Waals surface area contributed by atoms with Gasteiger partial charge >= 0.3 is 0 Å². The lowest BCUT2D eigenvalue weighted by atomic mass is 9.64. The molecule has 0 amide bonds. The quantitative estimate of drug-likeness (QED) is 0.780. The van der Waals surface area contributed by atoms with Crippen molar-refractivity contribution in [3.8, 4) is 0 Å². The summed E-state index contributed by atoms with van der Waals surface area (Å²) in [6.07, 6.45) is 2.68. The van der Waals surface area contributed by atoms with Gasteiger partial charge in [-0.3, -0.25) is 4.68 Å². The van der Waals surface area contributed by atoms with Gasteiger partial charge in [-0.15, -0.1) is 0 Å². The number of rotatable bonds is 7. The van der Waals surface area contributed by atoms with Gasteiger partial charge in [0.25, 0.3) is 0 Å². The molecule has 1 aliphatic carbocycles. The van der Waals surface area contributed by atoms with Crippen molar-refractivity contribution in [3.63, 3.8) is 0 Å². The second-order valence-electron chi connectivity index (χ2n) is 6.51. The molecule has 114 valence electrons. The fraction of sp³-hybridized carbons (Fsp3) is 0.812. The Morgan fingerprint density at radius 3 is 2.75 bits per heavy atom. The van der Waals surface area contributed by atoms with Crippen LogP contribution in [0, 0.1) is 19.3 Å². The Morgan fingerprint density at radius 2 is 2.20 bits per heavy atom. The molecule has 4 heteroatoms. The number of nitrogens with zero attached hydrogens (tertiary/aromatic N) is 2. The van der Waals surface area contributed by atoms with Gasteiger partial charge in [-0.1, -0.05) is 13.8 Å². The molecule has 1 aromatic rings. The maximum absolute atomic E-state index is 5.76. The largest absolute Gasteiger partial charge is 0.378 e. The van der Waals surface area contributed by atoms with Crippen molar-refractivity contribution in [1.82, 2.24) is 15.1 Å². The number of hydrogen-bond acceptors (Lipinski definition) is 3. The molecular formula is C16H29N3O. The Morgan fingerprint density at radius 1 is 1.45 bits per heavy atom. The highest BCUT2D eigenvalue weighted by Crippen LogP contribution is 2.42. The topological polar surface area (TPSA) is 39.1 Å². The number of ether oxygens (including phenoxy) is 1. The molecule has 1 N–H and O–H groups in total. The molecule has 0 radical (unpaired) electrons. The fourth-order valence-corrected chi connectivity index (χ4v) is 3.12. The van der Waals surface area contributed by atoms with Crippen molar-refractivity contribution >= 4 is 0 Å². The first-order valence-electron chi connectivity index (χ1n) is 7.81. The monoisotopic (exact) mass is 279 g/mol. The summed E-state index contributed by atoms with van der Waals surface area (Å²) in [7, 11) is 0. The molecule has 2 atom stereocenters. The summed E-state index contributed by atoms with van der Waals surface area (Å²) >= 11 is 0. The molecule has 4 nitrogen and oxygen atoms in total. The van der Waals surface area contributed by atoms with E-state index in [2.05, 4.69) is 48.9 Å². The van der Waals surface area contributed by atoms with Gasteiger partial charge in [-0.05, 0) is 46.2 Å². The van der Waals surface area contributed by atoms with Crippen LogP contribution in [-0.4, -0.2) is 35.1 Å². The van der Waals surface area contributed by atoms with Crippen LogP contribution in [0.15, 0.2) is 6.07 Å². The lowest BCUT2D eigenvalue weighted by Gasteiger charge is -2.52. The minimum absolute atomic E-state index is 0.258. The van der Waals surface area contributed by atoms with Crippen molar-refractivity contribution in [3.05, 3.63) is 17.5 Å². The molecule has 2 rings (SSSR count). The fourth-order valence-electron chi connectivity index (χ4n) is 3.12. The summed E-state index contributed by atoms with van der Waals surface area (Å²) in [6, 6.07) is 2.72. The molecule has 0 saturated heterocycles. The third-order valence-electron chi connectivity index (χ3n) is 4.59. The van der Waals surface area contributed by atoms with Crippen LogP contribution in [0.25, 0.3) is 0 Å². The molecule has 2 unspecified atom stereocenters. The van der Waals surface area contributed by atoms with E-state index in [0.29, 0.717) is 12.1 Å². The second-order valence-corrected chi connectivity index (χ2v) is 6.51. The minimum Gasteiger partial charge on any atom is -0.378 e. The van der Waals surface area contributed by atoms with Gasteiger partial charge in [-0.25, -0.2) is 0 Å². The van der Waals surface area contributed by atoms with Gasteiger partial charge in [0.05, 0.1) is 11.8 Å². The van der Waals surface area contributed by atoms with Gasteiger partial charge in [0, 0.05) is 30.3 Å². The Balaban J connectivity index is 1.68. The van der Waals surface area contributed by atoms with Gasteiger partial charge < -0.3 is 10.1 Å². The van der Waals surface area contributed by atoms with E-state index in [-0.39, 0.29) is 5.41 Å². The lowest BCUT2D eigenvalue weighted by Crippen LogP contribution is -2.61. The maximum Gasteiger partial charge on any atom is 0.0655 e. The Hall–Kier alpha value is -0.870. The van der Waals surface area contributed by atoms with E-state index in [1.54, 1.807) is 0 Å². The maximum atomic E-state index is 5.76. The molecule has 1 heterocycles. The summed E-state index contributed by atoms with van der Waals surface area (Å²) < 4.78 is 7.87. The SMILES string of the molecule is CCOC1CC(NCCCn2nc(C)cc2C)C1(C)C. The summed E-state index contributed by atoms with van der Waals surface area (Å²) in [6.45, 7) is 13.7. The molecule has 0 bridgehead atoms. The first-order chi connectivity index (χ1) is 9.45. The molecule has 1 fully saturated rings. The van der Waals surface area contributed by atoms with E-state index >= 15 is 0 Å². The predicted molar refractivity (Wildman–Crippen MR) is 81.9 cm³/mol. The van der Waals surface area contributed by atoms with E-state index in [1.807, 2.05) is 6.92 Å². The van der Waals surface area contributed by atoms with E-state index in [0.717, 1.165) is 38.2 Å². The number of hydrogen-bond donors (Lipinski definition) is 1. The van der Waals surface area contributed by atoms with Crippen molar-refractivity contribution in [1.29, 1.82) is 0 Å². The number of aromatic nitrogens is 2. The summed E-state index contributed by atoms with van der Waals surface area (Å²) in [5.41, 5.74) is 2.62. The van der Waals surface area contributed by atoms with Crippen LogP contribution in [0.5, 0.6) is 0 Å². The molecule has 20 heavy (non-hydrogen) atoms. The van der Waals surface area contributed by atoms with Gasteiger partial charge in [0.2, 0.25) is 0 Å². The molecule has 1 aromatic heterocycles. The van der Waals surface area contributed by atoms with Crippen LogP contribution in [0.4, 0.5) is 0 Å². The Labute approximate surface area is 122 Å². The zero-order valence-electron chi connectivity index (χ0n) is 13.6. The van der Waals surface area contributed by atoms with Crippen molar-refractivity contribution in [2.45, 2.75) is 66.2 Å². The molecule has 1 aliphatic rings. The zero-order valence-corrected chi connectivity index (χ0v) is 13.6. The summed E-state index contributed by atoms with van der Waals surface area (Å²) in [5, 5.41) is 8.17. The molecule has 0 aliphatic heterocycles. The van der Waals surface area contributed by atoms with E-state index in [4.69, 9.17) is 4.74 Å². The molecular weight excluding hydrogens is 250 g/mol. The smallest absolute Gasteiger partial charge is 0.0655 e. The molecule has 0 spiro atoms. The highest BCUT2D eigenvalue weighted by Gasteiger charge is 2.48. The van der Waals surface area contributed by atoms with Crippen molar-refractivity contribution in [2.75, 3.05) is 13.2 Å². The van der Waals surface area contributed by atoms with Crippen LogP contribution in [0.1, 0.15) is 45.0 Å². The molecule has 0 aromatic carbocycles. The first-order valence-corrected chi connectivity index (χ1v) is 7.81. The van der Waals surface area contributed by atoms with Gasteiger partial charge in [0.15, 0.2) is 0 Å². The standard InChI is InChI=1S/C16H29N3O/c1-6-20-15-11-14(16(15,4)5)17-8-7-9-19-13(3)10-12(2)18-19/h10,14-15,17H,6-9,11H2,1-5H3. The van der Waals surface area contributed by atoms with Crippen LogP contribution < -0.4 is 5.32 Å². The second kappa shape index (κ2) is 6.27. The van der Waals surface area contributed by atoms with Crippen LogP contribution >= 0.6 is 0 Å². The number of aryl methyl sites for hydroxylation is 3. The Kier molecular flexibility index (Phi) is 4.86. The molecule has 1 saturated carbocycles. The highest BCUT2D eigenvalue weighted by atomic mass is 16.5. The average molecular weight is 279 g/mol. The average Bonchev–Trinajstić information content (AvgIpc) is 2.70. The highest BCUT2D eigenvalue weighted by molar-refractivity contribution is 5.06. The van der Waals surface area contributed by atoms with Crippen molar-refractivity contribution in [2.24, 2.45) is 5.41 Å². The lowest BCUT2D eigenvalue weighted by molar-refractivity contribution is -0.114.